The molecular formula is C16H24ClN3O. The van der Waals surface area contributed by atoms with E-state index in [4.69, 9.17) is 11.6 Å². The smallest absolute Gasteiger partial charge is 0.253 e. The van der Waals surface area contributed by atoms with Gasteiger partial charge < -0.3 is 10.6 Å². The minimum Gasteiger partial charge on any atom is -0.369 e. The van der Waals surface area contributed by atoms with Crippen molar-refractivity contribution in [3.8, 4) is 0 Å². The molecule has 0 spiro atoms. The van der Waals surface area contributed by atoms with E-state index in [9.17, 15) is 4.79 Å². The van der Waals surface area contributed by atoms with E-state index in [1.165, 1.54) is 6.42 Å². The van der Waals surface area contributed by atoms with Crippen LogP contribution in [0, 0.1) is 11.8 Å². The quantitative estimate of drug-likeness (QED) is 0.891. The molecule has 1 heterocycles. The molecule has 1 aromatic heterocycles. The topological polar surface area (TPSA) is 54.0 Å². The van der Waals surface area contributed by atoms with E-state index in [-0.39, 0.29) is 11.9 Å². The lowest BCUT2D eigenvalue weighted by Gasteiger charge is -2.32. The second kappa shape index (κ2) is 7.12. The van der Waals surface area contributed by atoms with Gasteiger partial charge in [0.05, 0.1) is 10.6 Å². The number of nitrogens with one attached hydrogen (secondary N) is 2. The van der Waals surface area contributed by atoms with Crippen LogP contribution in [0.5, 0.6) is 0 Å². The zero-order valence-corrected chi connectivity index (χ0v) is 13.7. The van der Waals surface area contributed by atoms with Gasteiger partial charge in [-0.1, -0.05) is 25.4 Å². The molecule has 21 heavy (non-hydrogen) atoms. The Morgan fingerprint density at radius 1 is 1.38 bits per heavy atom. The fourth-order valence-electron chi connectivity index (χ4n) is 2.81. The zero-order chi connectivity index (χ0) is 15.4. The summed E-state index contributed by atoms with van der Waals surface area (Å²) < 4.78 is 0. The molecule has 4 nitrogen and oxygen atoms in total. The minimum atomic E-state index is -0.0841. The van der Waals surface area contributed by atoms with Gasteiger partial charge in [0.25, 0.3) is 5.91 Å². The number of nitrogens with zero attached hydrogens (tertiary/aromatic N) is 1. The summed E-state index contributed by atoms with van der Waals surface area (Å²) in [5, 5.41) is 6.65. The highest BCUT2D eigenvalue weighted by molar-refractivity contribution is 6.33. The first-order chi connectivity index (χ1) is 10.0. The maximum Gasteiger partial charge on any atom is 0.253 e. The van der Waals surface area contributed by atoms with Crippen LogP contribution in [-0.2, 0) is 0 Å². The first-order valence-electron chi connectivity index (χ1n) is 7.71. The lowest BCUT2D eigenvalue weighted by Crippen LogP contribution is -2.39. The predicted octanol–water partition coefficient (Wildman–Crippen LogP) is 3.72. The van der Waals surface area contributed by atoms with E-state index < -0.39 is 0 Å². The standard InChI is InChI=1S/C16H24ClN3O/c1-4-18-15-14(17)8-12(9-19-15)16(21)20-13-6-5-10(2)11(3)7-13/h8-11,13H,4-7H2,1-3H3,(H,18,19)(H,20,21). The van der Waals surface area contributed by atoms with E-state index in [1.54, 1.807) is 12.3 Å². The SMILES string of the molecule is CCNc1ncc(C(=O)NC2CCC(C)C(C)C2)cc1Cl. The molecule has 116 valence electrons. The maximum absolute atomic E-state index is 12.3. The van der Waals surface area contributed by atoms with E-state index in [1.807, 2.05) is 6.92 Å². The molecule has 3 atom stereocenters. The van der Waals surface area contributed by atoms with Crippen molar-refractivity contribution in [3.63, 3.8) is 0 Å². The molecule has 1 aliphatic rings. The monoisotopic (exact) mass is 309 g/mol. The zero-order valence-electron chi connectivity index (χ0n) is 12.9. The van der Waals surface area contributed by atoms with Crippen molar-refractivity contribution in [2.45, 2.75) is 46.1 Å². The Hall–Kier alpha value is -1.29. The Labute approximate surface area is 131 Å². The molecule has 1 aliphatic carbocycles. The molecule has 1 saturated carbocycles. The van der Waals surface area contributed by atoms with Crippen molar-refractivity contribution < 1.29 is 4.79 Å². The van der Waals surface area contributed by atoms with Gasteiger partial charge >= 0.3 is 0 Å². The number of halogens is 1. The van der Waals surface area contributed by atoms with Gasteiger partial charge in [0.15, 0.2) is 0 Å². The van der Waals surface area contributed by atoms with Crippen molar-refractivity contribution in [3.05, 3.63) is 22.8 Å². The van der Waals surface area contributed by atoms with E-state index in [0.717, 1.165) is 25.3 Å². The Morgan fingerprint density at radius 3 is 2.76 bits per heavy atom. The van der Waals surface area contributed by atoms with Crippen LogP contribution in [0.1, 0.15) is 50.4 Å². The summed E-state index contributed by atoms with van der Waals surface area (Å²) in [5.41, 5.74) is 0.521. The highest BCUT2D eigenvalue weighted by Crippen LogP contribution is 2.29. The third-order valence-electron chi connectivity index (χ3n) is 4.38. The molecule has 3 unspecified atom stereocenters. The third-order valence-corrected chi connectivity index (χ3v) is 4.67. The van der Waals surface area contributed by atoms with Gasteiger partial charge in [-0.15, -0.1) is 0 Å². The summed E-state index contributed by atoms with van der Waals surface area (Å²) in [5.74, 6) is 1.94. The van der Waals surface area contributed by atoms with E-state index >= 15 is 0 Å². The molecule has 0 aliphatic heterocycles. The number of amides is 1. The number of pyridine rings is 1. The molecule has 0 radical (unpaired) electrons. The van der Waals surface area contributed by atoms with Crippen molar-refractivity contribution in [2.75, 3.05) is 11.9 Å². The average Bonchev–Trinajstić information content (AvgIpc) is 2.45. The van der Waals surface area contributed by atoms with Crippen molar-refractivity contribution in [1.82, 2.24) is 10.3 Å². The van der Waals surface area contributed by atoms with Gasteiger partial charge in [-0.05, 0) is 44.1 Å². The second-order valence-corrected chi connectivity index (χ2v) is 6.43. The maximum atomic E-state index is 12.3. The van der Waals surface area contributed by atoms with Crippen molar-refractivity contribution in [2.24, 2.45) is 11.8 Å². The fraction of sp³-hybridized carbons (Fsp3) is 0.625. The third kappa shape index (κ3) is 4.10. The molecule has 5 heteroatoms. The van der Waals surface area contributed by atoms with Crippen molar-refractivity contribution in [1.29, 1.82) is 0 Å². The largest absolute Gasteiger partial charge is 0.369 e. The van der Waals surface area contributed by atoms with Gasteiger partial charge in [-0.2, -0.15) is 0 Å². The highest BCUT2D eigenvalue weighted by Gasteiger charge is 2.25. The Morgan fingerprint density at radius 2 is 2.14 bits per heavy atom. The van der Waals surface area contributed by atoms with Crippen LogP contribution in [0.25, 0.3) is 0 Å². The first kappa shape index (κ1) is 16.1. The molecule has 1 aromatic rings. The van der Waals surface area contributed by atoms with E-state index in [0.29, 0.717) is 22.3 Å². The van der Waals surface area contributed by atoms with Crippen LogP contribution in [-0.4, -0.2) is 23.5 Å². The summed E-state index contributed by atoms with van der Waals surface area (Å²) in [6.45, 7) is 7.26. The number of rotatable bonds is 4. The molecule has 1 amide bonds. The lowest BCUT2D eigenvalue weighted by molar-refractivity contribution is 0.0910. The van der Waals surface area contributed by atoms with Crippen LogP contribution >= 0.6 is 11.6 Å². The van der Waals surface area contributed by atoms with Crippen LogP contribution in [0.3, 0.4) is 0 Å². The summed E-state index contributed by atoms with van der Waals surface area (Å²) in [4.78, 5) is 16.5. The molecule has 1 fully saturated rings. The molecule has 2 rings (SSSR count). The molecule has 0 saturated heterocycles. The lowest BCUT2D eigenvalue weighted by atomic mass is 9.79. The number of aromatic nitrogens is 1. The average molecular weight is 310 g/mol. The number of carbonyl (C=O) groups is 1. The molecule has 0 bridgehead atoms. The Kier molecular flexibility index (Phi) is 5.45. The van der Waals surface area contributed by atoms with Gasteiger partial charge in [0.2, 0.25) is 0 Å². The summed E-state index contributed by atoms with van der Waals surface area (Å²) in [6.07, 6.45) is 4.84. The Balaban J connectivity index is 1.99. The molecule has 0 aromatic carbocycles. The summed E-state index contributed by atoms with van der Waals surface area (Å²) >= 11 is 6.13. The normalized spacial score (nSPS) is 25.4. The van der Waals surface area contributed by atoms with Crippen LogP contribution in [0.15, 0.2) is 12.3 Å². The van der Waals surface area contributed by atoms with Gasteiger partial charge in [-0.3, -0.25) is 4.79 Å². The van der Waals surface area contributed by atoms with Gasteiger partial charge in [-0.25, -0.2) is 4.98 Å². The fourth-order valence-corrected chi connectivity index (χ4v) is 3.04. The number of hydrogen-bond acceptors (Lipinski definition) is 3. The molecular weight excluding hydrogens is 286 g/mol. The summed E-state index contributed by atoms with van der Waals surface area (Å²) in [6, 6.07) is 1.94. The predicted molar refractivity (Wildman–Crippen MR) is 86.8 cm³/mol. The van der Waals surface area contributed by atoms with E-state index in [2.05, 4.69) is 29.5 Å². The number of carbonyl (C=O) groups excluding carboxylic acids is 1. The summed E-state index contributed by atoms with van der Waals surface area (Å²) in [7, 11) is 0. The van der Waals surface area contributed by atoms with Gasteiger partial charge in [0, 0.05) is 18.8 Å². The highest BCUT2D eigenvalue weighted by atomic mass is 35.5. The van der Waals surface area contributed by atoms with Crippen LogP contribution in [0.2, 0.25) is 5.02 Å². The van der Waals surface area contributed by atoms with Gasteiger partial charge in [0.1, 0.15) is 5.82 Å². The van der Waals surface area contributed by atoms with Crippen LogP contribution < -0.4 is 10.6 Å². The first-order valence-corrected chi connectivity index (χ1v) is 8.09. The van der Waals surface area contributed by atoms with Crippen molar-refractivity contribution >= 4 is 23.3 Å². The van der Waals surface area contributed by atoms with Crippen LogP contribution in [0.4, 0.5) is 5.82 Å². The second-order valence-electron chi connectivity index (χ2n) is 6.02. The Bertz CT molecular complexity index is 506. The number of anilines is 1. The number of hydrogen-bond donors (Lipinski definition) is 2. The minimum absolute atomic E-state index is 0.0841. The molecule has 2 N–H and O–H groups in total.